The maximum atomic E-state index is 11.8. The van der Waals surface area contributed by atoms with Crippen LogP contribution in [-0.2, 0) is 9.59 Å². The van der Waals surface area contributed by atoms with Crippen LogP contribution in [0.1, 0.15) is 0 Å². The second kappa shape index (κ2) is 7.29. The van der Waals surface area contributed by atoms with E-state index in [1.165, 1.54) is 35.6 Å². The van der Waals surface area contributed by atoms with Crippen LogP contribution in [0.15, 0.2) is 64.8 Å². The highest BCUT2D eigenvalue weighted by molar-refractivity contribution is 7.18. The van der Waals surface area contributed by atoms with E-state index in [1.54, 1.807) is 30.3 Å². The summed E-state index contributed by atoms with van der Waals surface area (Å²) < 4.78 is 0. The van der Waals surface area contributed by atoms with Crippen molar-refractivity contribution in [1.29, 1.82) is 0 Å². The molecule has 1 aromatic heterocycles. The molecule has 0 unspecified atom stereocenters. The van der Waals surface area contributed by atoms with E-state index < -0.39 is 11.8 Å². The van der Waals surface area contributed by atoms with Gasteiger partial charge in [0.15, 0.2) is 0 Å². The molecule has 1 N–H and O–H groups in total. The lowest BCUT2D eigenvalue weighted by molar-refractivity contribution is -0.119. The van der Waals surface area contributed by atoms with Crippen LogP contribution in [0, 0.1) is 0 Å². The number of azo groups is 1. The fourth-order valence-corrected chi connectivity index (χ4v) is 3.27. The van der Waals surface area contributed by atoms with Crippen LogP contribution in [-0.4, -0.2) is 27.1 Å². The van der Waals surface area contributed by atoms with Crippen molar-refractivity contribution in [1.82, 2.24) is 10.2 Å². The molecule has 2 aromatic carbocycles. The number of benzene rings is 2. The number of rotatable bonds is 4. The van der Waals surface area contributed by atoms with Crippen molar-refractivity contribution in [3.63, 3.8) is 0 Å². The Hall–Kier alpha value is -3.43. The Morgan fingerprint density at radius 2 is 1.68 bits per heavy atom. The van der Waals surface area contributed by atoms with Crippen LogP contribution in [0.2, 0.25) is 5.02 Å². The lowest BCUT2D eigenvalue weighted by atomic mass is 10.2. The van der Waals surface area contributed by atoms with Gasteiger partial charge in [-0.05, 0) is 42.5 Å². The van der Waals surface area contributed by atoms with Crippen LogP contribution in [0.3, 0.4) is 0 Å². The normalized spacial score (nSPS) is 13.8. The molecular formula is C18H10ClN5O3S. The first-order valence-electron chi connectivity index (χ1n) is 7.91. The van der Waals surface area contributed by atoms with Crippen molar-refractivity contribution in [3.8, 4) is 16.3 Å². The summed E-state index contributed by atoms with van der Waals surface area (Å²) in [6.07, 6.45) is 2.40. The highest BCUT2D eigenvalue weighted by Crippen LogP contribution is 2.34. The van der Waals surface area contributed by atoms with Gasteiger partial charge in [-0.3, -0.25) is 9.59 Å². The fraction of sp³-hybridized carbons (Fsp3) is 0. The highest BCUT2D eigenvalue weighted by atomic mass is 35.5. The first kappa shape index (κ1) is 18.0. The number of carbonyl (C=O) groups excluding carboxylic acids is 2. The van der Waals surface area contributed by atoms with Gasteiger partial charge in [-0.1, -0.05) is 22.9 Å². The number of nitrogens with zero attached hydrogens (tertiary/aromatic N) is 5. The van der Waals surface area contributed by atoms with E-state index in [0.717, 1.165) is 10.5 Å². The number of halogens is 1. The molecule has 1 aliphatic rings. The van der Waals surface area contributed by atoms with Crippen LogP contribution in [0.5, 0.6) is 5.75 Å². The van der Waals surface area contributed by atoms with Gasteiger partial charge >= 0.3 is 0 Å². The molecule has 1 aliphatic heterocycles. The van der Waals surface area contributed by atoms with E-state index in [0.29, 0.717) is 20.8 Å². The largest absolute Gasteiger partial charge is 0.508 e. The summed E-state index contributed by atoms with van der Waals surface area (Å²) in [5.74, 6) is -0.705. The predicted molar refractivity (Wildman–Crippen MR) is 104 cm³/mol. The summed E-state index contributed by atoms with van der Waals surface area (Å²) >= 11 is 7.36. The number of phenols is 1. The molecule has 0 atom stereocenters. The van der Waals surface area contributed by atoms with Gasteiger partial charge in [0.1, 0.15) is 16.4 Å². The lowest BCUT2D eigenvalue weighted by Gasteiger charge is -2.14. The summed E-state index contributed by atoms with van der Waals surface area (Å²) in [5, 5.41) is 26.7. The number of hydrogen-bond acceptors (Lipinski definition) is 8. The van der Waals surface area contributed by atoms with E-state index in [9.17, 15) is 14.7 Å². The molecule has 138 valence electrons. The molecule has 4 rings (SSSR count). The molecule has 0 bridgehead atoms. The molecule has 0 aliphatic carbocycles. The number of carbonyl (C=O) groups is 2. The third-order valence-corrected chi connectivity index (χ3v) is 4.95. The van der Waals surface area contributed by atoms with E-state index in [1.807, 2.05) is 0 Å². The number of hydrogen-bond donors (Lipinski definition) is 1. The predicted octanol–water partition coefficient (Wildman–Crippen LogP) is 4.41. The molecule has 0 radical (unpaired) electrons. The molecule has 10 heteroatoms. The van der Waals surface area contributed by atoms with Crippen molar-refractivity contribution in [2.24, 2.45) is 10.2 Å². The zero-order chi connectivity index (χ0) is 19.7. The van der Waals surface area contributed by atoms with Gasteiger partial charge in [-0.2, -0.15) is 0 Å². The second-order valence-corrected chi connectivity index (χ2v) is 6.98. The summed E-state index contributed by atoms with van der Waals surface area (Å²) in [6, 6.07) is 11.1. The standard InChI is InChI=1S/C18H10ClN5O3S/c19-13-6-3-11(24-15(26)7-8-16(24)27)9-14(13)20-22-18-23-21-17(28-18)10-1-4-12(25)5-2-10/h1-9,25H. The van der Waals surface area contributed by atoms with E-state index >= 15 is 0 Å². The number of anilines is 1. The number of aromatic hydroxyl groups is 1. The van der Waals surface area contributed by atoms with Crippen molar-refractivity contribution in [2.75, 3.05) is 4.90 Å². The Bertz CT molecular complexity index is 1120. The van der Waals surface area contributed by atoms with Crippen LogP contribution in [0.4, 0.5) is 16.5 Å². The minimum atomic E-state index is -0.433. The SMILES string of the molecule is O=C1C=CC(=O)N1c1ccc(Cl)c(N=Nc2nnc(-c3ccc(O)cc3)s2)c1. The minimum Gasteiger partial charge on any atom is -0.508 e. The quantitative estimate of drug-likeness (QED) is 0.505. The topological polar surface area (TPSA) is 108 Å². The Balaban J connectivity index is 1.58. The summed E-state index contributed by atoms with van der Waals surface area (Å²) in [7, 11) is 0. The van der Waals surface area contributed by atoms with E-state index in [2.05, 4.69) is 20.4 Å². The van der Waals surface area contributed by atoms with Crippen molar-refractivity contribution < 1.29 is 14.7 Å². The first-order valence-corrected chi connectivity index (χ1v) is 9.11. The molecule has 3 aromatic rings. The van der Waals surface area contributed by atoms with Crippen LogP contribution in [0.25, 0.3) is 10.6 Å². The van der Waals surface area contributed by atoms with Gasteiger partial charge in [0, 0.05) is 17.7 Å². The summed E-state index contributed by atoms with van der Waals surface area (Å²) in [4.78, 5) is 24.7. The molecule has 0 fully saturated rings. The van der Waals surface area contributed by atoms with Gasteiger partial charge in [-0.25, -0.2) is 4.90 Å². The molecule has 8 nitrogen and oxygen atoms in total. The number of aromatic nitrogens is 2. The molecular weight excluding hydrogens is 402 g/mol. The number of phenolic OH excluding ortho intramolecular Hbond substituents is 1. The first-order chi connectivity index (χ1) is 13.5. The van der Waals surface area contributed by atoms with Crippen LogP contribution >= 0.6 is 22.9 Å². The third kappa shape index (κ3) is 3.53. The van der Waals surface area contributed by atoms with Gasteiger partial charge in [0.25, 0.3) is 16.9 Å². The summed E-state index contributed by atoms with van der Waals surface area (Å²) in [5.41, 5.74) is 1.42. The lowest BCUT2D eigenvalue weighted by Crippen LogP contribution is -2.29. The Kier molecular flexibility index (Phi) is 4.68. The minimum absolute atomic E-state index is 0.160. The molecule has 0 saturated carbocycles. The maximum absolute atomic E-state index is 11.8. The Labute approximate surface area is 167 Å². The monoisotopic (exact) mass is 411 g/mol. The molecule has 0 spiro atoms. The van der Waals surface area contributed by atoms with Gasteiger partial charge in [0.2, 0.25) is 0 Å². The van der Waals surface area contributed by atoms with Gasteiger partial charge in [0.05, 0.1) is 10.7 Å². The van der Waals surface area contributed by atoms with Crippen molar-refractivity contribution >= 4 is 51.3 Å². The van der Waals surface area contributed by atoms with Crippen LogP contribution < -0.4 is 4.90 Å². The number of amides is 2. The second-order valence-electron chi connectivity index (χ2n) is 5.62. The average molecular weight is 412 g/mol. The zero-order valence-electron chi connectivity index (χ0n) is 14.0. The van der Waals surface area contributed by atoms with Gasteiger partial charge < -0.3 is 5.11 Å². The van der Waals surface area contributed by atoms with E-state index in [4.69, 9.17) is 11.6 Å². The summed E-state index contributed by atoms with van der Waals surface area (Å²) in [6.45, 7) is 0. The molecule has 2 amide bonds. The van der Waals surface area contributed by atoms with Gasteiger partial charge in [-0.15, -0.1) is 20.4 Å². The van der Waals surface area contributed by atoms with E-state index in [-0.39, 0.29) is 11.4 Å². The fourth-order valence-electron chi connectivity index (χ4n) is 2.44. The average Bonchev–Trinajstić information content (AvgIpc) is 3.29. The van der Waals surface area contributed by atoms with Crippen molar-refractivity contribution in [2.45, 2.75) is 0 Å². The van der Waals surface area contributed by atoms with Crippen molar-refractivity contribution in [3.05, 3.63) is 59.6 Å². The molecule has 0 saturated heterocycles. The Morgan fingerprint density at radius 3 is 2.39 bits per heavy atom. The number of imide groups is 1. The maximum Gasteiger partial charge on any atom is 0.258 e. The Morgan fingerprint density at radius 1 is 0.964 bits per heavy atom. The highest BCUT2D eigenvalue weighted by Gasteiger charge is 2.25. The smallest absolute Gasteiger partial charge is 0.258 e. The molecule has 28 heavy (non-hydrogen) atoms. The third-order valence-electron chi connectivity index (χ3n) is 3.77. The zero-order valence-corrected chi connectivity index (χ0v) is 15.6. The molecule has 2 heterocycles.